The summed E-state index contributed by atoms with van der Waals surface area (Å²) < 4.78 is 0. The summed E-state index contributed by atoms with van der Waals surface area (Å²) in [5.41, 5.74) is 3.10. The van der Waals surface area contributed by atoms with Gasteiger partial charge in [0.2, 0.25) is 5.91 Å². The smallest absolute Gasteiger partial charge is 0.255 e. The average Bonchev–Trinajstić information content (AvgIpc) is 2.57. The Morgan fingerprint density at radius 3 is 1.83 bits per heavy atom. The molecule has 2 N–H and O–H groups in total. The van der Waals surface area contributed by atoms with E-state index in [1.54, 1.807) is 24.3 Å². The highest BCUT2D eigenvalue weighted by Crippen LogP contribution is 2.18. The van der Waals surface area contributed by atoms with Crippen LogP contribution in [-0.2, 0) is 4.79 Å². The highest BCUT2D eigenvalue weighted by atomic mass is 16.2. The van der Waals surface area contributed by atoms with Gasteiger partial charge in [0, 0.05) is 42.6 Å². The monoisotopic (exact) mass is 325 g/mol. The fourth-order valence-electron chi connectivity index (χ4n) is 2.46. The number of benzene rings is 2. The van der Waals surface area contributed by atoms with Gasteiger partial charge < -0.3 is 15.5 Å². The molecule has 0 saturated heterocycles. The van der Waals surface area contributed by atoms with Gasteiger partial charge in [0.15, 0.2) is 0 Å². The Bertz CT molecular complexity index is 690. The van der Waals surface area contributed by atoms with E-state index in [9.17, 15) is 9.59 Å². The van der Waals surface area contributed by atoms with E-state index in [0.29, 0.717) is 11.3 Å². The second-order valence-corrected chi connectivity index (χ2v) is 5.43. The van der Waals surface area contributed by atoms with Gasteiger partial charge in [0.05, 0.1) is 0 Å². The van der Waals surface area contributed by atoms with Crippen molar-refractivity contribution in [3.05, 3.63) is 54.1 Å². The molecule has 2 rings (SSSR count). The Balaban J connectivity index is 2.02. The molecule has 5 nitrogen and oxygen atoms in total. The van der Waals surface area contributed by atoms with Crippen LogP contribution in [-0.4, -0.2) is 24.9 Å². The predicted molar refractivity (Wildman–Crippen MR) is 98.7 cm³/mol. The van der Waals surface area contributed by atoms with Gasteiger partial charge in [-0.3, -0.25) is 9.59 Å². The van der Waals surface area contributed by atoms with Crippen molar-refractivity contribution in [2.75, 3.05) is 28.6 Å². The van der Waals surface area contributed by atoms with E-state index in [1.807, 2.05) is 24.3 Å². The molecular formula is C19H23N3O2. The number of anilines is 3. The maximum Gasteiger partial charge on any atom is 0.255 e. The first-order valence-electron chi connectivity index (χ1n) is 8.07. The average molecular weight is 325 g/mol. The van der Waals surface area contributed by atoms with Crippen LogP contribution in [0.15, 0.2) is 48.5 Å². The van der Waals surface area contributed by atoms with E-state index in [2.05, 4.69) is 29.4 Å². The fourth-order valence-corrected chi connectivity index (χ4v) is 2.46. The van der Waals surface area contributed by atoms with Crippen molar-refractivity contribution in [2.45, 2.75) is 20.8 Å². The minimum atomic E-state index is -0.181. The van der Waals surface area contributed by atoms with E-state index >= 15 is 0 Å². The lowest BCUT2D eigenvalue weighted by Gasteiger charge is -2.21. The van der Waals surface area contributed by atoms with Gasteiger partial charge in [-0.2, -0.15) is 0 Å². The molecule has 0 saturated carbocycles. The summed E-state index contributed by atoms with van der Waals surface area (Å²) in [4.78, 5) is 25.5. The molecule has 0 aliphatic rings. The van der Waals surface area contributed by atoms with Crippen molar-refractivity contribution in [3.63, 3.8) is 0 Å². The molecule has 2 aromatic carbocycles. The first-order valence-corrected chi connectivity index (χ1v) is 8.07. The lowest BCUT2D eigenvalue weighted by atomic mass is 10.2. The molecule has 0 bridgehead atoms. The Labute approximate surface area is 142 Å². The molecule has 2 aromatic rings. The Morgan fingerprint density at radius 2 is 1.33 bits per heavy atom. The number of carbonyl (C=O) groups excluding carboxylic acids is 2. The number of amides is 2. The normalized spacial score (nSPS) is 10.1. The van der Waals surface area contributed by atoms with E-state index in [-0.39, 0.29) is 11.8 Å². The molecule has 0 heterocycles. The third-order valence-corrected chi connectivity index (χ3v) is 3.72. The van der Waals surface area contributed by atoms with Crippen molar-refractivity contribution in [1.82, 2.24) is 0 Å². The predicted octanol–water partition coefficient (Wildman–Crippen LogP) is 3.74. The minimum absolute atomic E-state index is 0.138. The standard InChI is InChI=1S/C19H23N3O2/c1-4-22(5-2)18-12-10-17(11-13-18)21-19(24)15-6-8-16(9-7-15)20-14(3)23/h6-13H,4-5H2,1-3H3,(H,20,23)(H,21,24). The van der Waals surface area contributed by atoms with Crippen molar-refractivity contribution in [1.29, 1.82) is 0 Å². The van der Waals surface area contributed by atoms with Crippen LogP contribution < -0.4 is 15.5 Å². The summed E-state index contributed by atoms with van der Waals surface area (Å²) in [6.07, 6.45) is 0. The molecule has 24 heavy (non-hydrogen) atoms. The van der Waals surface area contributed by atoms with Crippen molar-refractivity contribution in [2.24, 2.45) is 0 Å². The van der Waals surface area contributed by atoms with Crippen LogP contribution in [0.1, 0.15) is 31.1 Å². The molecular weight excluding hydrogens is 302 g/mol. The lowest BCUT2D eigenvalue weighted by Crippen LogP contribution is -2.21. The summed E-state index contributed by atoms with van der Waals surface area (Å²) >= 11 is 0. The summed E-state index contributed by atoms with van der Waals surface area (Å²) in [5, 5.41) is 5.55. The van der Waals surface area contributed by atoms with Crippen molar-refractivity contribution < 1.29 is 9.59 Å². The summed E-state index contributed by atoms with van der Waals surface area (Å²) in [5.74, 6) is -0.319. The van der Waals surface area contributed by atoms with Crippen LogP contribution in [0.5, 0.6) is 0 Å². The van der Waals surface area contributed by atoms with Crippen LogP contribution in [0.25, 0.3) is 0 Å². The molecule has 0 aliphatic carbocycles. The van der Waals surface area contributed by atoms with Crippen LogP contribution in [0.3, 0.4) is 0 Å². The lowest BCUT2D eigenvalue weighted by molar-refractivity contribution is -0.114. The molecule has 0 atom stereocenters. The summed E-state index contributed by atoms with van der Waals surface area (Å²) in [7, 11) is 0. The van der Waals surface area contributed by atoms with Gasteiger partial charge in [0.25, 0.3) is 5.91 Å². The van der Waals surface area contributed by atoms with Gasteiger partial charge in [-0.25, -0.2) is 0 Å². The summed E-state index contributed by atoms with van der Waals surface area (Å²) in [6.45, 7) is 7.57. The van der Waals surface area contributed by atoms with Gasteiger partial charge in [0.1, 0.15) is 0 Å². The largest absolute Gasteiger partial charge is 0.372 e. The second kappa shape index (κ2) is 8.15. The molecule has 0 spiro atoms. The molecule has 0 aliphatic heterocycles. The third-order valence-electron chi connectivity index (χ3n) is 3.72. The topological polar surface area (TPSA) is 61.4 Å². The SMILES string of the molecule is CCN(CC)c1ccc(NC(=O)c2ccc(NC(C)=O)cc2)cc1. The van der Waals surface area contributed by atoms with E-state index in [0.717, 1.165) is 24.5 Å². The highest BCUT2D eigenvalue weighted by Gasteiger charge is 2.07. The molecule has 0 unspecified atom stereocenters. The van der Waals surface area contributed by atoms with Crippen LogP contribution in [0.4, 0.5) is 17.1 Å². The Morgan fingerprint density at radius 1 is 0.833 bits per heavy atom. The second-order valence-electron chi connectivity index (χ2n) is 5.43. The van der Waals surface area contributed by atoms with Gasteiger partial charge in [-0.05, 0) is 62.4 Å². The molecule has 5 heteroatoms. The van der Waals surface area contributed by atoms with Gasteiger partial charge in [-0.1, -0.05) is 0 Å². The van der Waals surface area contributed by atoms with E-state index in [1.165, 1.54) is 6.92 Å². The van der Waals surface area contributed by atoms with E-state index < -0.39 is 0 Å². The molecule has 2 amide bonds. The molecule has 0 radical (unpaired) electrons. The maximum atomic E-state index is 12.3. The Kier molecular flexibility index (Phi) is 5.95. The number of hydrogen-bond donors (Lipinski definition) is 2. The minimum Gasteiger partial charge on any atom is -0.372 e. The molecule has 0 fully saturated rings. The first kappa shape index (κ1) is 17.5. The highest BCUT2D eigenvalue weighted by molar-refractivity contribution is 6.04. The quantitative estimate of drug-likeness (QED) is 0.850. The van der Waals surface area contributed by atoms with Crippen LogP contribution >= 0.6 is 0 Å². The van der Waals surface area contributed by atoms with Gasteiger partial charge >= 0.3 is 0 Å². The van der Waals surface area contributed by atoms with Gasteiger partial charge in [-0.15, -0.1) is 0 Å². The van der Waals surface area contributed by atoms with Crippen molar-refractivity contribution >= 4 is 28.9 Å². The zero-order valence-corrected chi connectivity index (χ0v) is 14.3. The zero-order valence-electron chi connectivity index (χ0n) is 14.3. The number of hydrogen-bond acceptors (Lipinski definition) is 3. The van der Waals surface area contributed by atoms with E-state index in [4.69, 9.17) is 0 Å². The van der Waals surface area contributed by atoms with Crippen LogP contribution in [0, 0.1) is 0 Å². The first-order chi connectivity index (χ1) is 11.5. The summed E-state index contributed by atoms with van der Waals surface area (Å²) in [6, 6.07) is 14.6. The number of nitrogens with one attached hydrogen (secondary N) is 2. The number of rotatable bonds is 6. The number of nitrogens with zero attached hydrogens (tertiary/aromatic N) is 1. The zero-order chi connectivity index (χ0) is 17.5. The maximum absolute atomic E-state index is 12.3. The Hall–Kier alpha value is -2.82. The number of carbonyl (C=O) groups is 2. The fraction of sp³-hybridized carbons (Fsp3) is 0.263. The molecule has 126 valence electrons. The molecule has 0 aromatic heterocycles. The third kappa shape index (κ3) is 4.59. The van der Waals surface area contributed by atoms with Crippen molar-refractivity contribution in [3.8, 4) is 0 Å². The van der Waals surface area contributed by atoms with Crippen LogP contribution in [0.2, 0.25) is 0 Å².